The Labute approximate surface area is 50.6 Å². The van der Waals surface area contributed by atoms with Crippen molar-refractivity contribution in [3.8, 4) is 0 Å². The highest BCUT2D eigenvalue weighted by Crippen LogP contribution is 1.93. The molecule has 2 nitrogen and oxygen atoms in total. The Kier molecular flexibility index (Phi) is 3.50. The molecule has 0 aliphatic rings. The summed E-state index contributed by atoms with van der Waals surface area (Å²) < 4.78 is 0.677. The first-order valence-corrected chi connectivity index (χ1v) is 2.43. The summed E-state index contributed by atoms with van der Waals surface area (Å²) in [7, 11) is 0. The Balaban J connectivity index is 3.46. The van der Waals surface area contributed by atoms with Gasteiger partial charge in [-0.3, -0.25) is 5.41 Å². The minimum atomic E-state index is 0.677. The van der Waals surface area contributed by atoms with Gasteiger partial charge in [-0.2, -0.15) is 0 Å². The fraction of sp³-hybridized carbons (Fsp3) is 0. The van der Waals surface area contributed by atoms with Gasteiger partial charge in [0.15, 0.2) is 0 Å². The Morgan fingerprint density at radius 1 is 1.86 bits per heavy atom. The molecule has 0 saturated carbocycles. The summed E-state index contributed by atoms with van der Waals surface area (Å²) in [6.45, 7) is 3.46. The summed E-state index contributed by atoms with van der Waals surface area (Å²) in [6.07, 6.45) is 2.40. The van der Waals surface area contributed by atoms with E-state index in [0.717, 1.165) is 6.34 Å². The molecule has 0 fully saturated rings. The maximum atomic E-state index is 6.41. The molecule has 0 atom stereocenters. The number of rotatable bonds is 2. The van der Waals surface area contributed by atoms with Gasteiger partial charge in [-0.1, -0.05) is 6.58 Å². The minimum absolute atomic E-state index is 0.677. The highest BCUT2D eigenvalue weighted by atomic mass is 79.9. The first-order chi connectivity index (χ1) is 3.27. The molecular weight excluding hydrogens is 156 g/mol. The lowest BCUT2D eigenvalue weighted by Gasteiger charge is -1.73. The van der Waals surface area contributed by atoms with Gasteiger partial charge in [0, 0.05) is 10.7 Å². The molecule has 0 aromatic carbocycles. The SMILES string of the molecule is C=C(Br)C=NC=N. The third-order valence-corrected chi connectivity index (χ3v) is 0.494. The van der Waals surface area contributed by atoms with Crippen LogP contribution in [0.15, 0.2) is 16.1 Å². The monoisotopic (exact) mass is 160 g/mol. The van der Waals surface area contributed by atoms with Gasteiger partial charge in [0.2, 0.25) is 0 Å². The number of nitrogens with one attached hydrogen (secondary N) is 1. The van der Waals surface area contributed by atoms with Crippen LogP contribution in [0.3, 0.4) is 0 Å². The summed E-state index contributed by atoms with van der Waals surface area (Å²) in [4.78, 5) is 3.44. The zero-order valence-corrected chi connectivity index (χ0v) is 5.27. The highest BCUT2D eigenvalue weighted by Gasteiger charge is 1.70. The Morgan fingerprint density at radius 2 is 2.43 bits per heavy atom. The lowest BCUT2D eigenvalue weighted by Crippen LogP contribution is -1.67. The predicted molar refractivity (Wildman–Crippen MR) is 35.3 cm³/mol. The topological polar surface area (TPSA) is 36.2 Å². The summed E-state index contributed by atoms with van der Waals surface area (Å²) in [6, 6.07) is 0. The van der Waals surface area contributed by atoms with Crippen LogP contribution in [0.25, 0.3) is 0 Å². The predicted octanol–water partition coefficient (Wildman–Crippen LogP) is 1.57. The second-order valence-electron chi connectivity index (χ2n) is 0.854. The van der Waals surface area contributed by atoms with E-state index in [1.165, 1.54) is 6.21 Å². The summed E-state index contributed by atoms with van der Waals surface area (Å²) in [5, 5.41) is 6.41. The van der Waals surface area contributed by atoms with E-state index in [1.807, 2.05) is 0 Å². The van der Waals surface area contributed by atoms with E-state index in [4.69, 9.17) is 5.41 Å². The van der Waals surface area contributed by atoms with Gasteiger partial charge in [0.25, 0.3) is 0 Å². The van der Waals surface area contributed by atoms with Crippen molar-refractivity contribution in [2.75, 3.05) is 0 Å². The molecule has 0 aliphatic heterocycles. The number of hydrogen-bond acceptors (Lipinski definition) is 1. The van der Waals surface area contributed by atoms with Crippen LogP contribution < -0.4 is 0 Å². The van der Waals surface area contributed by atoms with Crippen LogP contribution in [0, 0.1) is 5.41 Å². The summed E-state index contributed by atoms with van der Waals surface area (Å²) in [5.41, 5.74) is 0. The van der Waals surface area contributed by atoms with Crippen molar-refractivity contribution in [3.63, 3.8) is 0 Å². The molecule has 0 amide bonds. The molecule has 0 saturated heterocycles. The van der Waals surface area contributed by atoms with E-state index >= 15 is 0 Å². The van der Waals surface area contributed by atoms with Crippen LogP contribution >= 0.6 is 15.9 Å². The molecule has 0 aromatic heterocycles. The molecule has 0 unspecified atom stereocenters. The van der Waals surface area contributed by atoms with Gasteiger partial charge in [-0.25, -0.2) is 4.99 Å². The summed E-state index contributed by atoms with van der Waals surface area (Å²) >= 11 is 3.03. The fourth-order valence-electron chi connectivity index (χ4n) is 0.118. The van der Waals surface area contributed by atoms with Gasteiger partial charge >= 0.3 is 0 Å². The molecule has 0 aromatic rings. The molecule has 1 N–H and O–H groups in total. The number of allylic oxidation sites excluding steroid dienone is 1. The second-order valence-corrected chi connectivity index (χ2v) is 1.87. The first kappa shape index (κ1) is 6.56. The van der Waals surface area contributed by atoms with Crippen molar-refractivity contribution in [2.45, 2.75) is 0 Å². The van der Waals surface area contributed by atoms with Crippen LogP contribution in [-0.2, 0) is 0 Å². The largest absolute Gasteiger partial charge is 0.290 e. The minimum Gasteiger partial charge on any atom is -0.290 e. The van der Waals surface area contributed by atoms with Crippen molar-refractivity contribution >= 4 is 28.5 Å². The van der Waals surface area contributed by atoms with Gasteiger partial charge in [-0.15, -0.1) is 0 Å². The molecule has 0 aliphatic carbocycles. The molecule has 7 heavy (non-hydrogen) atoms. The normalized spacial score (nSPS) is 9.29. The number of nitrogens with zero attached hydrogens (tertiary/aromatic N) is 1. The molecule has 38 valence electrons. The molecule has 0 rings (SSSR count). The van der Waals surface area contributed by atoms with E-state index in [9.17, 15) is 0 Å². The van der Waals surface area contributed by atoms with E-state index in [-0.39, 0.29) is 0 Å². The van der Waals surface area contributed by atoms with Crippen molar-refractivity contribution in [3.05, 3.63) is 11.1 Å². The average Bonchev–Trinajstić information content (AvgIpc) is 1.61. The van der Waals surface area contributed by atoms with Crippen LogP contribution in [0.4, 0.5) is 0 Å². The number of aliphatic imine (C=N–C) groups is 1. The van der Waals surface area contributed by atoms with Crippen LogP contribution in [0.1, 0.15) is 0 Å². The molecule has 0 spiro atoms. The van der Waals surface area contributed by atoms with Crippen LogP contribution in [-0.4, -0.2) is 12.6 Å². The Hall–Kier alpha value is -0.440. The lowest BCUT2D eigenvalue weighted by atomic mass is 10.7. The molecule has 3 heteroatoms. The maximum Gasteiger partial charge on any atom is 0.106 e. The Morgan fingerprint density at radius 3 is 2.57 bits per heavy atom. The van der Waals surface area contributed by atoms with Gasteiger partial charge in [0.05, 0.1) is 0 Å². The van der Waals surface area contributed by atoms with E-state index in [2.05, 4.69) is 27.5 Å². The van der Waals surface area contributed by atoms with Crippen molar-refractivity contribution < 1.29 is 0 Å². The van der Waals surface area contributed by atoms with Crippen LogP contribution in [0.2, 0.25) is 0 Å². The molecular formula is C4H5BrN2. The highest BCUT2D eigenvalue weighted by molar-refractivity contribution is 9.12. The van der Waals surface area contributed by atoms with Gasteiger partial charge in [-0.05, 0) is 15.9 Å². The van der Waals surface area contributed by atoms with E-state index in [1.54, 1.807) is 0 Å². The molecule has 0 bridgehead atoms. The third kappa shape index (κ3) is 5.56. The number of hydrogen-bond donors (Lipinski definition) is 1. The second kappa shape index (κ2) is 3.74. The third-order valence-electron chi connectivity index (χ3n) is 0.289. The summed E-state index contributed by atoms with van der Waals surface area (Å²) in [5.74, 6) is 0. The quantitative estimate of drug-likeness (QED) is 0.471. The zero-order valence-electron chi connectivity index (χ0n) is 3.69. The van der Waals surface area contributed by atoms with Gasteiger partial charge < -0.3 is 0 Å². The Bertz CT molecular complexity index is 106. The van der Waals surface area contributed by atoms with Crippen molar-refractivity contribution in [2.24, 2.45) is 4.99 Å². The number of halogens is 1. The fourth-order valence-corrected chi connectivity index (χ4v) is 0.236. The first-order valence-electron chi connectivity index (χ1n) is 1.64. The zero-order chi connectivity index (χ0) is 5.70. The van der Waals surface area contributed by atoms with Crippen molar-refractivity contribution in [1.29, 1.82) is 5.41 Å². The average molecular weight is 161 g/mol. The van der Waals surface area contributed by atoms with Crippen molar-refractivity contribution in [1.82, 2.24) is 0 Å². The van der Waals surface area contributed by atoms with E-state index < -0.39 is 0 Å². The van der Waals surface area contributed by atoms with Gasteiger partial charge in [0.1, 0.15) is 6.34 Å². The van der Waals surface area contributed by atoms with Crippen LogP contribution in [0.5, 0.6) is 0 Å². The molecule has 0 radical (unpaired) electrons. The standard InChI is InChI=1S/C4H5BrN2/c1-4(5)2-7-3-6/h2-3,6H,1H2. The van der Waals surface area contributed by atoms with E-state index in [0.29, 0.717) is 4.48 Å². The smallest absolute Gasteiger partial charge is 0.106 e. The lowest BCUT2D eigenvalue weighted by molar-refractivity contribution is 1.52. The maximum absolute atomic E-state index is 6.41. The molecule has 0 heterocycles.